The first-order valence-electron chi connectivity index (χ1n) is 8.43. The molecule has 3 heterocycles. The van der Waals surface area contributed by atoms with Crippen molar-refractivity contribution >= 4 is 5.91 Å². The standard InChI is InChI=1S/C18H24N2O4/c1-11(17-12(2)19-24-13(17)3)18(22)20-8-4-6-14(20)10-15(21)16-7-5-9-23-16/h5,7,9,11,14-15,21H,4,6,8,10H2,1-3H3. The molecule has 6 heteroatoms. The Labute approximate surface area is 141 Å². The van der Waals surface area contributed by atoms with E-state index in [-0.39, 0.29) is 17.9 Å². The summed E-state index contributed by atoms with van der Waals surface area (Å²) in [5.41, 5.74) is 1.64. The topological polar surface area (TPSA) is 79.7 Å². The molecule has 0 radical (unpaired) electrons. The summed E-state index contributed by atoms with van der Waals surface area (Å²) in [7, 11) is 0. The molecule has 1 fully saturated rings. The molecular weight excluding hydrogens is 308 g/mol. The van der Waals surface area contributed by atoms with E-state index in [4.69, 9.17) is 8.94 Å². The Balaban J connectivity index is 1.71. The van der Waals surface area contributed by atoms with E-state index in [0.29, 0.717) is 17.9 Å². The van der Waals surface area contributed by atoms with Crippen LogP contribution in [0.15, 0.2) is 27.3 Å². The zero-order valence-corrected chi connectivity index (χ0v) is 14.4. The van der Waals surface area contributed by atoms with Crippen molar-refractivity contribution in [3.05, 3.63) is 41.2 Å². The van der Waals surface area contributed by atoms with E-state index >= 15 is 0 Å². The monoisotopic (exact) mass is 332 g/mol. The highest BCUT2D eigenvalue weighted by Crippen LogP contribution is 2.32. The molecule has 2 aromatic heterocycles. The van der Waals surface area contributed by atoms with Crippen LogP contribution in [-0.2, 0) is 4.79 Å². The molecule has 3 atom stereocenters. The first-order valence-corrected chi connectivity index (χ1v) is 8.43. The smallest absolute Gasteiger partial charge is 0.230 e. The highest BCUT2D eigenvalue weighted by Gasteiger charge is 2.35. The lowest BCUT2D eigenvalue weighted by Gasteiger charge is -2.28. The van der Waals surface area contributed by atoms with Gasteiger partial charge in [-0.25, -0.2) is 0 Å². The number of hydrogen-bond acceptors (Lipinski definition) is 5. The van der Waals surface area contributed by atoms with Crippen molar-refractivity contribution in [1.82, 2.24) is 10.1 Å². The lowest BCUT2D eigenvalue weighted by Crippen LogP contribution is -2.39. The molecule has 0 aliphatic carbocycles. The third-order valence-electron chi connectivity index (χ3n) is 4.92. The third-order valence-corrected chi connectivity index (χ3v) is 4.92. The van der Waals surface area contributed by atoms with E-state index in [9.17, 15) is 9.90 Å². The summed E-state index contributed by atoms with van der Waals surface area (Å²) >= 11 is 0. The van der Waals surface area contributed by atoms with Gasteiger partial charge in [0.15, 0.2) is 0 Å². The average Bonchev–Trinajstić information content (AvgIpc) is 3.28. The number of aliphatic hydroxyl groups is 1. The first-order chi connectivity index (χ1) is 11.5. The zero-order valence-electron chi connectivity index (χ0n) is 14.4. The first kappa shape index (κ1) is 16.8. The Morgan fingerprint density at radius 3 is 2.92 bits per heavy atom. The number of carbonyl (C=O) groups is 1. The number of aliphatic hydroxyl groups excluding tert-OH is 1. The lowest BCUT2D eigenvalue weighted by molar-refractivity contribution is -0.133. The van der Waals surface area contributed by atoms with Crippen LogP contribution in [-0.4, -0.2) is 33.7 Å². The van der Waals surface area contributed by atoms with Gasteiger partial charge in [-0.15, -0.1) is 0 Å². The average molecular weight is 332 g/mol. The van der Waals surface area contributed by atoms with Crippen LogP contribution >= 0.6 is 0 Å². The second-order valence-corrected chi connectivity index (χ2v) is 6.55. The minimum atomic E-state index is -0.687. The Kier molecular flexibility index (Phi) is 4.76. The van der Waals surface area contributed by atoms with Gasteiger partial charge in [-0.1, -0.05) is 5.16 Å². The van der Waals surface area contributed by atoms with Gasteiger partial charge in [0.1, 0.15) is 17.6 Å². The van der Waals surface area contributed by atoms with Crippen LogP contribution in [0.1, 0.15) is 61.0 Å². The molecular formula is C18H24N2O4. The summed E-state index contributed by atoms with van der Waals surface area (Å²) in [6, 6.07) is 3.55. The molecule has 3 rings (SSSR count). The number of carbonyl (C=O) groups excluding carboxylic acids is 1. The molecule has 24 heavy (non-hydrogen) atoms. The molecule has 0 saturated carbocycles. The molecule has 1 amide bonds. The van der Waals surface area contributed by atoms with Crippen molar-refractivity contribution in [2.24, 2.45) is 0 Å². The van der Waals surface area contributed by atoms with Gasteiger partial charge < -0.3 is 18.9 Å². The lowest BCUT2D eigenvalue weighted by atomic mass is 9.97. The number of aryl methyl sites for hydroxylation is 2. The second-order valence-electron chi connectivity index (χ2n) is 6.55. The predicted molar refractivity (Wildman–Crippen MR) is 87.4 cm³/mol. The van der Waals surface area contributed by atoms with E-state index in [1.54, 1.807) is 18.4 Å². The van der Waals surface area contributed by atoms with E-state index in [1.165, 1.54) is 0 Å². The van der Waals surface area contributed by atoms with Crippen LogP contribution in [0.3, 0.4) is 0 Å². The fraction of sp³-hybridized carbons (Fsp3) is 0.556. The van der Waals surface area contributed by atoms with Crippen molar-refractivity contribution in [1.29, 1.82) is 0 Å². The number of furan rings is 1. The highest BCUT2D eigenvalue weighted by molar-refractivity contribution is 5.84. The van der Waals surface area contributed by atoms with Crippen LogP contribution in [0.25, 0.3) is 0 Å². The van der Waals surface area contributed by atoms with Gasteiger partial charge in [-0.3, -0.25) is 4.79 Å². The fourth-order valence-corrected chi connectivity index (χ4v) is 3.71. The number of amides is 1. The third kappa shape index (κ3) is 3.11. The Morgan fingerprint density at radius 1 is 1.50 bits per heavy atom. The maximum absolute atomic E-state index is 13.0. The maximum Gasteiger partial charge on any atom is 0.230 e. The van der Waals surface area contributed by atoms with Crippen LogP contribution in [0.4, 0.5) is 0 Å². The van der Waals surface area contributed by atoms with Gasteiger partial charge in [0.2, 0.25) is 5.91 Å². The van der Waals surface area contributed by atoms with Crippen molar-refractivity contribution in [2.45, 2.75) is 58.1 Å². The van der Waals surface area contributed by atoms with Crippen molar-refractivity contribution in [3.63, 3.8) is 0 Å². The van der Waals surface area contributed by atoms with Crippen molar-refractivity contribution in [3.8, 4) is 0 Å². The normalized spacial score (nSPS) is 20.3. The molecule has 0 spiro atoms. The fourth-order valence-electron chi connectivity index (χ4n) is 3.71. The summed E-state index contributed by atoms with van der Waals surface area (Å²) in [6.07, 6.45) is 3.21. The summed E-state index contributed by atoms with van der Waals surface area (Å²) in [6.45, 7) is 6.31. The van der Waals surface area contributed by atoms with Crippen LogP contribution in [0, 0.1) is 13.8 Å². The second kappa shape index (κ2) is 6.81. The SMILES string of the molecule is Cc1noc(C)c1C(C)C(=O)N1CCCC1CC(O)c1ccco1. The summed E-state index contributed by atoms with van der Waals surface area (Å²) in [4.78, 5) is 14.9. The number of nitrogens with zero attached hydrogens (tertiary/aromatic N) is 2. The Bertz CT molecular complexity index is 672. The number of likely N-dealkylation sites (tertiary alicyclic amines) is 1. The van der Waals surface area contributed by atoms with E-state index in [2.05, 4.69) is 5.16 Å². The number of hydrogen-bond donors (Lipinski definition) is 1. The van der Waals surface area contributed by atoms with Crippen LogP contribution in [0.2, 0.25) is 0 Å². The Morgan fingerprint density at radius 2 is 2.29 bits per heavy atom. The number of aromatic nitrogens is 1. The van der Waals surface area contributed by atoms with E-state index in [0.717, 1.165) is 30.6 Å². The van der Waals surface area contributed by atoms with Crippen LogP contribution in [0.5, 0.6) is 0 Å². The van der Waals surface area contributed by atoms with Gasteiger partial charge in [-0.05, 0) is 45.7 Å². The molecule has 1 saturated heterocycles. The van der Waals surface area contributed by atoms with Gasteiger partial charge in [0, 0.05) is 24.6 Å². The highest BCUT2D eigenvalue weighted by atomic mass is 16.5. The van der Waals surface area contributed by atoms with E-state index in [1.807, 2.05) is 25.7 Å². The van der Waals surface area contributed by atoms with Gasteiger partial charge in [0.05, 0.1) is 17.9 Å². The quantitative estimate of drug-likeness (QED) is 0.910. The number of rotatable bonds is 5. The molecule has 2 aromatic rings. The molecule has 6 nitrogen and oxygen atoms in total. The van der Waals surface area contributed by atoms with Gasteiger partial charge >= 0.3 is 0 Å². The zero-order chi connectivity index (χ0) is 17.3. The molecule has 0 aromatic carbocycles. The molecule has 130 valence electrons. The van der Waals surface area contributed by atoms with Crippen molar-refractivity contribution in [2.75, 3.05) is 6.54 Å². The van der Waals surface area contributed by atoms with Crippen molar-refractivity contribution < 1.29 is 18.8 Å². The summed E-state index contributed by atoms with van der Waals surface area (Å²) < 4.78 is 10.5. The van der Waals surface area contributed by atoms with E-state index < -0.39 is 6.10 Å². The molecule has 3 unspecified atom stereocenters. The molecule has 1 aliphatic rings. The predicted octanol–water partition coefficient (Wildman–Crippen LogP) is 3.10. The summed E-state index contributed by atoms with van der Waals surface area (Å²) in [5.74, 6) is 1.02. The molecule has 0 bridgehead atoms. The maximum atomic E-state index is 13.0. The molecule has 1 N–H and O–H groups in total. The molecule has 1 aliphatic heterocycles. The minimum absolute atomic E-state index is 0.0283. The van der Waals surface area contributed by atoms with Gasteiger partial charge in [-0.2, -0.15) is 0 Å². The van der Waals surface area contributed by atoms with Crippen LogP contribution < -0.4 is 0 Å². The van der Waals surface area contributed by atoms with Gasteiger partial charge in [0.25, 0.3) is 0 Å². The minimum Gasteiger partial charge on any atom is -0.467 e. The Hall–Kier alpha value is -2.08. The largest absolute Gasteiger partial charge is 0.467 e. The summed E-state index contributed by atoms with van der Waals surface area (Å²) in [5, 5.41) is 14.3.